The summed E-state index contributed by atoms with van der Waals surface area (Å²) in [6.45, 7) is 17.2. The van der Waals surface area contributed by atoms with Gasteiger partial charge in [-0.05, 0) is 74.1 Å². The van der Waals surface area contributed by atoms with E-state index in [4.69, 9.17) is 9.47 Å². The third-order valence-corrected chi connectivity index (χ3v) is 4.70. The second kappa shape index (κ2) is 8.16. The molecule has 0 saturated carbocycles. The van der Waals surface area contributed by atoms with Crippen molar-refractivity contribution in [1.82, 2.24) is 0 Å². The Morgan fingerprint density at radius 3 is 1.74 bits per heavy atom. The molecule has 0 heterocycles. The molecule has 136 valence electrons. The van der Waals surface area contributed by atoms with Crippen molar-refractivity contribution in [1.29, 1.82) is 0 Å². The average Bonchev–Trinajstić information content (AvgIpc) is 2.44. The van der Waals surface area contributed by atoms with Gasteiger partial charge < -0.3 is 9.47 Å². The largest absolute Gasteiger partial charge is 0.462 e. The van der Waals surface area contributed by atoms with Crippen LogP contribution in [-0.2, 0) is 19.1 Å². The summed E-state index contributed by atoms with van der Waals surface area (Å²) < 4.78 is 11.2. The highest BCUT2D eigenvalue weighted by Gasteiger charge is 2.33. The van der Waals surface area contributed by atoms with E-state index in [-0.39, 0.29) is 18.0 Å². The van der Waals surface area contributed by atoms with Gasteiger partial charge in [0.1, 0.15) is 5.60 Å². The molecule has 0 aromatic carbocycles. The number of carbonyl (C=O) groups excluding carboxylic acids is 2. The summed E-state index contributed by atoms with van der Waals surface area (Å²) in [6, 6.07) is 0. The molecule has 0 bridgehead atoms. The molecule has 0 aliphatic rings. The topological polar surface area (TPSA) is 52.6 Å². The summed E-state index contributed by atoms with van der Waals surface area (Å²) in [4.78, 5) is 24.3. The fourth-order valence-corrected chi connectivity index (χ4v) is 1.68. The van der Waals surface area contributed by atoms with E-state index in [2.05, 4.69) is 0 Å². The molecular formula is C19H36O4. The summed E-state index contributed by atoms with van der Waals surface area (Å²) >= 11 is 0. The van der Waals surface area contributed by atoms with Crippen LogP contribution >= 0.6 is 0 Å². The second-order valence-corrected chi connectivity index (χ2v) is 8.38. The summed E-state index contributed by atoms with van der Waals surface area (Å²) in [5.41, 5.74) is -1.49. The first-order valence-electron chi connectivity index (χ1n) is 8.72. The van der Waals surface area contributed by atoms with Crippen LogP contribution in [0.5, 0.6) is 0 Å². The number of rotatable bonds is 9. The molecule has 0 fully saturated rings. The predicted octanol–water partition coefficient (Wildman–Crippen LogP) is 4.89. The molecule has 4 heteroatoms. The third-order valence-electron chi connectivity index (χ3n) is 4.70. The lowest BCUT2D eigenvalue weighted by molar-refractivity contribution is -0.170. The first-order valence-corrected chi connectivity index (χ1v) is 8.72. The summed E-state index contributed by atoms with van der Waals surface area (Å²) in [7, 11) is 0. The first kappa shape index (κ1) is 21.9. The zero-order chi connectivity index (χ0) is 18.5. The molecule has 0 aromatic heterocycles. The normalized spacial score (nSPS) is 14.3. The Hall–Kier alpha value is -1.06. The van der Waals surface area contributed by atoms with E-state index in [0.29, 0.717) is 12.8 Å². The molecular weight excluding hydrogens is 292 g/mol. The van der Waals surface area contributed by atoms with E-state index in [0.717, 1.165) is 12.8 Å². The van der Waals surface area contributed by atoms with Gasteiger partial charge >= 0.3 is 11.9 Å². The molecule has 0 aliphatic carbocycles. The van der Waals surface area contributed by atoms with E-state index in [1.807, 2.05) is 62.3 Å². The highest BCUT2D eigenvalue weighted by molar-refractivity contribution is 5.76. The minimum atomic E-state index is -0.565. The van der Waals surface area contributed by atoms with Crippen LogP contribution < -0.4 is 0 Å². The van der Waals surface area contributed by atoms with Gasteiger partial charge in [-0.2, -0.15) is 0 Å². The Kier molecular flexibility index (Phi) is 7.79. The van der Waals surface area contributed by atoms with Crippen LogP contribution in [0.25, 0.3) is 0 Å². The smallest absolute Gasteiger partial charge is 0.312 e. The molecule has 0 aromatic rings. The minimum absolute atomic E-state index is 0.172. The van der Waals surface area contributed by atoms with Crippen LogP contribution in [-0.4, -0.2) is 23.6 Å². The van der Waals surface area contributed by atoms with Crippen molar-refractivity contribution in [3.8, 4) is 0 Å². The third kappa shape index (κ3) is 7.36. The fraction of sp³-hybridized carbons (Fsp3) is 0.895. The Bertz CT molecular complexity index is 408. The molecule has 0 spiro atoms. The zero-order valence-electron chi connectivity index (χ0n) is 16.5. The average molecular weight is 328 g/mol. The predicted molar refractivity (Wildman–Crippen MR) is 93.1 cm³/mol. The van der Waals surface area contributed by atoms with Crippen LogP contribution in [0, 0.1) is 10.8 Å². The lowest BCUT2D eigenvalue weighted by Crippen LogP contribution is -2.36. The van der Waals surface area contributed by atoms with Crippen LogP contribution in [0.3, 0.4) is 0 Å². The molecule has 1 atom stereocenters. The Labute approximate surface area is 142 Å². The number of ether oxygens (including phenoxy) is 2. The molecule has 0 radical (unpaired) electrons. The van der Waals surface area contributed by atoms with Crippen molar-refractivity contribution >= 4 is 11.9 Å². The zero-order valence-corrected chi connectivity index (χ0v) is 16.5. The van der Waals surface area contributed by atoms with Gasteiger partial charge in [0, 0.05) is 0 Å². The SMILES string of the molecule is CCC(C)(C)C(=O)OC(C)CCC(C)(C)OC(=O)C(C)(C)CC. The Morgan fingerprint density at radius 1 is 0.870 bits per heavy atom. The summed E-state index contributed by atoms with van der Waals surface area (Å²) in [5, 5.41) is 0. The van der Waals surface area contributed by atoms with E-state index < -0.39 is 16.4 Å². The highest BCUT2D eigenvalue weighted by Crippen LogP contribution is 2.28. The molecule has 0 rings (SSSR count). The quantitative estimate of drug-likeness (QED) is 0.565. The van der Waals surface area contributed by atoms with Gasteiger partial charge in [-0.25, -0.2) is 0 Å². The van der Waals surface area contributed by atoms with Gasteiger partial charge in [-0.1, -0.05) is 13.8 Å². The maximum Gasteiger partial charge on any atom is 0.312 e. The molecule has 0 aliphatic heterocycles. The van der Waals surface area contributed by atoms with Gasteiger partial charge in [-0.3, -0.25) is 9.59 Å². The molecule has 1 unspecified atom stereocenters. The Morgan fingerprint density at radius 2 is 1.30 bits per heavy atom. The molecule has 0 saturated heterocycles. The second-order valence-electron chi connectivity index (χ2n) is 8.38. The molecule has 0 amide bonds. The summed E-state index contributed by atoms with van der Waals surface area (Å²) in [5.74, 6) is -0.351. The minimum Gasteiger partial charge on any atom is -0.462 e. The van der Waals surface area contributed by atoms with Crippen molar-refractivity contribution in [3.63, 3.8) is 0 Å². The van der Waals surface area contributed by atoms with Crippen LogP contribution in [0.1, 0.15) is 88.0 Å². The van der Waals surface area contributed by atoms with E-state index in [1.165, 1.54) is 0 Å². The number of hydrogen-bond donors (Lipinski definition) is 0. The number of hydrogen-bond acceptors (Lipinski definition) is 4. The van der Waals surface area contributed by atoms with Crippen LogP contribution in [0.15, 0.2) is 0 Å². The standard InChI is InChI=1S/C19H36O4/c1-10-17(4,5)15(20)22-14(3)12-13-19(8,9)23-16(21)18(6,7)11-2/h14H,10-13H2,1-9H3. The number of esters is 2. The maximum absolute atomic E-state index is 12.2. The monoisotopic (exact) mass is 328 g/mol. The van der Waals surface area contributed by atoms with Crippen molar-refractivity contribution in [2.75, 3.05) is 0 Å². The molecule has 0 N–H and O–H groups in total. The first-order chi connectivity index (χ1) is 10.3. The Balaban J connectivity index is 4.49. The number of carbonyl (C=O) groups is 2. The van der Waals surface area contributed by atoms with Gasteiger partial charge in [0.15, 0.2) is 0 Å². The van der Waals surface area contributed by atoms with E-state index >= 15 is 0 Å². The van der Waals surface area contributed by atoms with E-state index in [1.54, 1.807) is 0 Å². The lowest BCUT2D eigenvalue weighted by Gasteiger charge is -2.31. The van der Waals surface area contributed by atoms with Crippen molar-refractivity contribution in [2.24, 2.45) is 10.8 Å². The van der Waals surface area contributed by atoms with Crippen molar-refractivity contribution in [2.45, 2.75) is 99.7 Å². The van der Waals surface area contributed by atoms with Crippen molar-refractivity contribution < 1.29 is 19.1 Å². The van der Waals surface area contributed by atoms with Gasteiger partial charge in [0.2, 0.25) is 0 Å². The highest BCUT2D eigenvalue weighted by atomic mass is 16.6. The van der Waals surface area contributed by atoms with Crippen molar-refractivity contribution in [3.05, 3.63) is 0 Å². The maximum atomic E-state index is 12.2. The van der Waals surface area contributed by atoms with Gasteiger partial charge in [0.25, 0.3) is 0 Å². The van der Waals surface area contributed by atoms with Gasteiger partial charge in [0.05, 0.1) is 16.9 Å². The van der Waals surface area contributed by atoms with Crippen LogP contribution in [0.2, 0.25) is 0 Å². The molecule has 4 nitrogen and oxygen atoms in total. The summed E-state index contributed by atoms with van der Waals surface area (Å²) in [6.07, 6.45) is 2.61. The van der Waals surface area contributed by atoms with Crippen LogP contribution in [0.4, 0.5) is 0 Å². The molecule has 23 heavy (non-hydrogen) atoms. The fourth-order valence-electron chi connectivity index (χ4n) is 1.68. The van der Waals surface area contributed by atoms with E-state index in [9.17, 15) is 9.59 Å². The lowest BCUT2D eigenvalue weighted by atomic mass is 9.89. The van der Waals surface area contributed by atoms with Gasteiger partial charge in [-0.15, -0.1) is 0 Å².